The molecule has 1 heterocycles. The summed E-state index contributed by atoms with van der Waals surface area (Å²) < 4.78 is 5.17. The molecule has 0 bridgehead atoms. The Bertz CT molecular complexity index is 475. The zero-order valence-electron chi connectivity index (χ0n) is 12.4. The molecule has 0 unspecified atom stereocenters. The van der Waals surface area contributed by atoms with E-state index < -0.39 is 0 Å². The minimum atomic E-state index is 0.609. The molecule has 1 aromatic carbocycles. The van der Waals surface area contributed by atoms with E-state index in [1.54, 1.807) is 7.11 Å². The van der Waals surface area contributed by atoms with E-state index in [1.165, 1.54) is 25.9 Å². The number of likely N-dealkylation sites (tertiary alicyclic amines) is 1. The summed E-state index contributed by atoms with van der Waals surface area (Å²) in [4.78, 5) is 4.83. The van der Waals surface area contributed by atoms with Crippen LogP contribution in [0.15, 0.2) is 18.2 Å². The van der Waals surface area contributed by atoms with Gasteiger partial charge in [-0.1, -0.05) is 6.07 Å². The fourth-order valence-corrected chi connectivity index (χ4v) is 2.65. The molecule has 108 valence electrons. The highest BCUT2D eigenvalue weighted by molar-refractivity contribution is 5.45. The van der Waals surface area contributed by atoms with Crippen LogP contribution in [0, 0.1) is 11.3 Å². The summed E-state index contributed by atoms with van der Waals surface area (Å²) in [5, 5.41) is 9.10. The summed E-state index contributed by atoms with van der Waals surface area (Å²) in [6, 6.07) is 8.02. The van der Waals surface area contributed by atoms with E-state index in [0.717, 1.165) is 25.2 Å². The van der Waals surface area contributed by atoms with Crippen molar-refractivity contribution in [2.75, 3.05) is 40.3 Å². The van der Waals surface area contributed by atoms with E-state index in [0.29, 0.717) is 11.3 Å². The number of ether oxygens (including phenoxy) is 1. The third-order valence-electron chi connectivity index (χ3n) is 3.83. The number of hydrogen-bond acceptors (Lipinski definition) is 4. The fraction of sp³-hybridized carbons (Fsp3) is 0.562. The van der Waals surface area contributed by atoms with E-state index in [2.05, 4.69) is 22.9 Å². The molecule has 1 aliphatic rings. The van der Waals surface area contributed by atoms with E-state index in [1.807, 2.05) is 18.2 Å². The van der Waals surface area contributed by atoms with Gasteiger partial charge in [0.05, 0.1) is 12.7 Å². The Balaban J connectivity index is 1.87. The zero-order valence-corrected chi connectivity index (χ0v) is 12.4. The van der Waals surface area contributed by atoms with Crippen LogP contribution < -0.4 is 4.74 Å². The van der Waals surface area contributed by atoms with Crippen molar-refractivity contribution in [3.63, 3.8) is 0 Å². The maximum Gasteiger partial charge on any atom is 0.136 e. The van der Waals surface area contributed by atoms with E-state index in [-0.39, 0.29) is 0 Å². The van der Waals surface area contributed by atoms with Crippen LogP contribution in [0.3, 0.4) is 0 Å². The number of benzene rings is 1. The minimum absolute atomic E-state index is 0.609. The van der Waals surface area contributed by atoms with Gasteiger partial charge in [0.2, 0.25) is 0 Å². The fourth-order valence-electron chi connectivity index (χ4n) is 2.65. The van der Waals surface area contributed by atoms with Gasteiger partial charge in [-0.3, -0.25) is 0 Å². The maximum atomic E-state index is 9.10. The first-order valence-corrected chi connectivity index (χ1v) is 7.21. The molecule has 1 aliphatic heterocycles. The predicted molar refractivity (Wildman–Crippen MR) is 79.7 cm³/mol. The first-order chi connectivity index (χ1) is 9.72. The molecule has 0 spiro atoms. The molecular formula is C16H23N3O. The van der Waals surface area contributed by atoms with Gasteiger partial charge in [-0.25, -0.2) is 0 Å². The molecule has 20 heavy (non-hydrogen) atoms. The third-order valence-corrected chi connectivity index (χ3v) is 3.83. The van der Waals surface area contributed by atoms with Crippen molar-refractivity contribution in [1.82, 2.24) is 9.80 Å². The van der Waals surface area contributed by atoms with Crippen molar-refractivity contribution in [3.05, 3.63) is 29.3 Å². The first-order valence-electron chi connectivity index (χ1n) is 7.21. The van der Waals surface area contributed by atoms with Gasteiger partial charge >= 0.3 is 0 Å². The summed E-state index contributed by atoms with van der Waals surface area (Å²) >= 11 is 0. The normalized spacial score (nSPS) is 15.5. The number of hydrogen-bond donors (Lipinski definition) is 0. The summed E-state index contributed by atoms with van der Waals surface area (Å²) in [5.74, 6) is 0.649. The molecule has 4 nitrogen and oxygen atoms in total. The third kappa shape index (κ3) is 3.96. The van der Waals surface area contributed by atoms with Crippen molar-refractivity contribution in [2.24, 2.45) is 0 Å². The highest BCUT2D eigenvalue weighted by Gasteiger charge is 2.12. The lowest BCUT2D eigenvalue weighted by molar-refractivity contribution is 0.252. The quantitative estimate of drug-likeness (QED) is 0.795. The van der Waals surface area contributed by atoms with Gasteiger partial charge in [-0.2, -0.15) is 5.26 Å². The van der Waals surface area contributed by atoms with Crippen LogP contribution in [0.1, 0.15) is 24.0 Å². The van der Waals surface area contributed by atoms with Gasteiger partial charge < -0.3 is 14.5 Å². The number of likely N-dealkylation sites (N-methyl/N-ethyl adjacent to an activating group) is 1. The molecule has 4 heteroatoms. The Hall–Kier alpha value is -1.57. The standard InChI is InChI=1S/C16H23N3O/c1-18(9-10-19-7-3-4-8-19)13-14-5-6-16(20-2)15(11-14)12-17/h5-6,11H,3-4,7-10,13H2,1-2H3. The van der Waals surface area contributed by atoms with Crippen LogP contribution in [0.25, 0.3) is 0 Å². The largest absolute Gasteiger partial charge is 0.495 e. The van der Waals surface area contributed by atoms with E-state index in [9.17, 15) is 0 Å². The second kappa shape index (κ2) is 7.28. The Kier molecular flexibility index (Phi) is 5.40. The Labute approximate surface area is 121 Å². The SMILES string of the molecule is COc1ccc(CN(C)CCN2CCCC2)cc1C#N. The van der Waals surface area contributed by atoms with Crippen molar-refractivity contribution in [1.29, 1.82) is 5.26 Å². The average molecular weight is 273 g/mol. The molecule has 0 radical (unpaired) electrons. The number of methoxy groups -OCH3 is 1. The summed E-state index contributed by atoms with van der Waals surface area (Å²) in [7, 11) is 3.73. The van der Waals surface area contributed by atoms with Crippen LogP contribution in [0.5, 0.6) is 5.75 Å². The summed E-state index contributed by atoms with van der Waals surface area (Å²) in [6.45, 7) is 5.56. The van der Waals surface area contributed by atoms with Gasteiger partial charge in [-0.15, -0.1) is 0 Å². The number of nitrogens with zero attached hydrogens (tertiary/aromatic N) is 3. The van der Waals surface area contributed by atoms with Crippen molar-refractivity contribution in [2.45, 2.75) is 19.4 Å². The smallest absolute Gasteiger partial charge is 0.136 e. The summed E-state index contributed by atoms with van der Waals surface area (Å²) in [5.41, 5.74) is 1.77. The van der Waals surface area contributed by atoms with Crippen molar-refractivity contribution in [3.8, 4) is 11.8 Å². The summed E-state index contributed by atoms with van der Waals surface area (Å²) in [6.07, 6.45) is 2.68. The molecule has 2 rings (SSSR count). The van der Waals surface area contributed by atoms with Gasteiger partial charge in [-0.05, 0) is 50.7 Å². The lowest BCUT2D eigenvalue weighted by Crippen LogP contribution is -2.31. The molecule has 1 saturated heterocycles. The molecule has 1 fully saturated rings. The highest BCUT2D eigenvalue weighted by Crippen LogP contribution is 2.19. The monoisotopic (exact) mass is 273 g/mol. The van der Waals surface area contributed by atoms with Crippen LogP contribution in [-0.2, 0) is 6.54 Å². The molecule has 0 aromatic heterocycles. The second-order valence-electron chi connectivity index (χ2n) is 5.43. The lowest BCUT2D eigenvalue weighted by Gasteiger charge is -2.21. The highest BCUT2D eigenvalue weighted by atomic mass is 16.5. The van der Waals surface area contributed by atoms with Gasteiger partial charge in [0.25, 0.3) is 0 Å². The average Bonchev–Trinajstić information content (AvgIpc) is 2.98. The maximum absolute atomic E-state index is 9.10. The van der Waals surface area contributed by atoms with Crippen molar-refractivity contribution < 1.29 is 4.74 Å². The Morgan fingerprint density at radius 1 is 1.35 bits per heavy atom. The molecular weight excluding hydrogens is 250 g/mol. The predicted octanol–water partition coefficient (Wildman–Crippen LogP) is 2.09. The van der Waals surface area contributed by atoms with Gasteiger partial charge in [0.15, 0.2) is 0 Å². The van der Waals surface area contributed by atoms with Crippen LogP contribution in [0.2, 0.25) is 0 Å². The lowest BCUT2D eigenvalue weighted by atomic mass is 10.1. The van der Waals surface area contributed by atoms with Gasteiger partial charge in [0.1, 0.15) is 11.8 Å². The molecule has 0 amide bonds. The molecule has 0 atom stereocenters. The molecule has 0 aliphatic carbocycles. The second-order valence-corrected chi connectivity index (χ2v) is 5.43. The first kappa shape index (κ1) is 14.8. The Morgan fingerprint density at radius 3 is 2.75 bits per heavy atom. The van der Waals surface area contributed by atoms with Crippen molar-refractivity contribution >= 4 is 0 Å². The molecule has 0 saturated carbocycles. The van der Waals surface area contributed by atoms with Crippen LogP contribution in [-0.4, -0.2) is 50.1 Å². The van der Waals surface area contributed by atoms with Crippen LogP contribution >= 0.6 is 0 Å². The zero-order chi connectivity index (χ0) is 14.4. The topological polar surface area (TPSA) is 39.5 Å². The van der Waals surface area contributed by atoms with Gasteiger partial charge in [0, 0.05) is 19.6 Å². The molecule has 1 aromatic rings. The van der Waals surface area contributed by atoms with E-state index >= 15 is 0 Å². The Morgan fingerprint density at radius 2 is 2.10 bits per heavy atom. The van der Waals surface area contributed by atoms with E-state index in [4.69, 9.17) is 10.00 Å². The number of nitriles is 1. The van der Waals surface area contributed by atoms with Crippen LogP contribution in [0.4, 0.5) is 0 Å². The number of rotatable bonds is 6. The molecule has 0 N–H and O–H groups in total. The minimum Gasteiger partial charge on any atom is -0.495 e.